The molecule has 0 bridgehead atoms. The number of carbonyl (C=O) groups is 1. The van der Waals surface area contributed by atoms with Gasteiger partial charge in [0.05, 0.1) is 22.4 Å². The standard InChI is InChI=1S/C24H23N3O2S/c1-24(2)19-11-15(27-9-8-16(13-27)30(3)29)5-7-17(19)22(28)21-18-6-4-14(12-25)10-20(18)26-23(21)24/h4-7,10-11,16,26H,8-9,13H2,1-3H3. The fourth-order valence-electron chi connectivity index (χ4n) is 4.92. The van der Waals surface area contributed by atoms with E-state index in [2.05, 4.69) is 35.9 Å². The van der Waals surface area contributed by atoms with Crippen LogP contribution in [-0.2, 0) is 16.2 Å². The number of anilines is 1. The van der Waals surface area contributed by atoms with E-state index in [0.717, 1.165) is 52.9 Å². The third-order valence-corrected chi connectivity index (χ3v) is 8.00. The van der Waals surface area contributed by atoms with Crippen molar-refractivity contribution in [3.63, 3.8) is 0 Å². The highest BCUT2D eigenvalue weighted by Crippen LogP contribution is 2.45. The molecular formula is C24H23N3O2S. The molecule has 1 N–H and O–H groups in total. The molecule has 0 saturated carbocycles. The molecule has 0 spiro atoms. The number of H-pyrrole nitrogens is 1. The third kappa shape index (κ3) is 2.65. The van der Waals surface area contributed by atoms with Gasteiger partial charge in [0.1, 0.15) is 0 Å². The Hall–Kier alpha value is -2.91. The predicted molar refractivity (Wildman–Crippen MR) is 120 cm³/mol. The van der Waals surface area contributed by atoms with Gasteiger partial charge in [0.2, 0.25) is 0 Å². The number of benzene rings is 2. The number of nitrogens with one attached hydrogen (secondary N) is 1. The summed E-state index contributed by atoms with van der Waals surface area (Å²) in [6, 6.07) is 13.7. The molecule has 0 amide bonds. The number of aromatic nitrogens is 1. The second kappa shape index (κ2) is 6.55. The van der Waals surface area contributed by atoms with Crippen LogP contribution >= 0.6 is 0 Å². The first kappa shape index (κ1) is 19.1. The highest BCUT2D eigenvalue weighted by molar-refractivity contribution is 7.84. The maximum atomic E-state index is 13.5. The monoisotopic (exact) mass is 417 g/mol. The third-order valence-electron chi connectivity index (χ3n) is 6.68. The predicted octanol–water partition coefficient (Wildman–Crippen LogP) is 3.87. The molecule has 6 heteroatoms. The summed E-state index contributed by atoms with van der Waals surface area (Å²) in [5.74, 6) is 0.0239. The summed E-state index contributed by atoms with van der Waals surface area (Å²) in [5, 5.41) is 10.3. The van der Waals surface area contributed by atoms with E-state index in [1.807, 2.05) is 24.3 Å². The summed E-state index contributed by atoms with van der Waals surface area (Å²) >= 11 is 0. The number of aromatic amines is 1. The molecule has 2 heterocycles. The molecule has 2 aliphatic rings. The van der Waals surface area contributed by atoms with Gasteiger partial charge in [-0.3, -0.25) is 9.00 Å². The summed E-state index contributed by atoms with van der Waals surface area (Å²) in [6.45, 7) is 5.93. The lowest BCUT2D eigenvalue weighted by Gasteiger charge is -2.33. The second-order valence-electron chi connectivity index (χ2n) is 8.79. The van der Waals surface area contributed by atoms with Gasteiger partial charge in [-0.05, 0) is 42.3 Å². The number of nitrogens with zero attached hydrogens (tertiary/aromatic N) is 2. The first-order valence-electron chi connectivity index (χ1n) is 10.1. The van der Waals surface area contributed by atoms with Crippen LogP contribution in [0.5, 0.6) is 0 Å². The summed E-state index contributed by atoms with van der Waals surface area (Å²) in [7, 11) is -0.824. The van der Waals surface area contributed by atoms with E-state index < -0.39 is 10.8 Å². The van der Waals surface area contributed by atoms with E-state index >= 15 is 0 Å². The molecule has 5 rings (SSSR count). The average molecular weight is 418 g/mol. The van der Waals surface area contributed by atoms with Gasteiger partial charge in [0, 0.05) is 63.4 Å². The first-order valence-corrected chi connectivity index (χ1v) is 11.8. The Labute approximate surface area is 178 Å². The first-order chi connectivity index (χ1) is 14.3. The zero-order chi connectivity index (χ0) is 21.2. The van der Waals surface area contributed by atoms with E-state index in [0.29, 0.717) is 11.1 Å². The van der Waals surface area contributed by atoms with Crippen molar-refractivity contribution in [2.75, 3.05) is 24.2 Å². The molecule has 2 atom stereocenters. The molecule has 1 aliphatic heterocycles. The van der Waals surface area contributed by atoms with Crippen LogP contribution in [0.2, 0.25) is 0 Å². The molecule has 30 heavy (non-hydrogen) atoms. The number of nitriles is 1. The molecule has 3 aromatic rings. The Morgan fingerprint density at radius 2 is 2.03 bits per heavy atom. The Bertz CT molecular complexity index is 1280. The summed E-state index contributed by atoms with van der Waals surface area (Å²) in [4.78, 5) is 19.2. The minimum Gasteiger partial charge on any atom is -0.370 e. The topological polar surface area (TPSA) is 77.0 Å². The average Bonchev–Trinajstić information content (AvgIpc) is 3.37. The van der Waals surface area contributed by atoms with Gasteiger partial charge < -0.3 is 9.88 Å². The molecule has 1 aliphatic carbocycles. The lowest BCUT2D eigenvalue weighted by Crippen LogP contribution is -2.31. The summed E-state index contributed by atoms with van der Waals surface area (Å²) in [5.41, 5.74) is 5.44. The van der Waals surface area contributed by atoms with Crippen molar-refractivity contribution in [1.29, 1.82) is 5.26 Å². The van der Waals surface area contributed by atoms with Gasteiger partial charge in [0.25, 0.3) is 0 Å². The Balaban J connectivity index is 1.63. The van der Waals surface area contributed by atoms with E-state index in [9.17, 15) is 14.3 Å². The van der Waals surface area contributed by atoms with E-state index in [-0.39, 0.29) is 16.4 Å². The van der Waals surface area contributed by atoms with Crippen molar-refractivity contribution in [3.8, 4) is 6.07 Å². The minimum atomic E-state index is -0.824. The highest BCUT2D eigenvalue weighted by atomic mass is 32.2. The smallest absolute Gasteiger partial charge is 0.195 e. The van der Waals surface area contributed by atoms with Crippen molar-refractivity contribution in [2.24, 2.45) is 0 Å². The Morgan fingerprint density at radius 1 is 1.23 bits per heavy atom. The largest absolute Gasteiger partial charge is 0.370 e. The van der Waals surface area contributed by atoms with Crippen LogP contribution in [0.25, 0.3) is 10.9 Å². The van der Waals surface area contributed by atoms with Gasteiger partial charge in [-0.2, -0.15) is 5.26 Å². The number of fused-ring (bicyclic) bond motifs is 4. The van der Waals surface area contributed by atoms with Crippen molar-refractivity contribution in [3.05, 3.63) is 64.3 Å². The SMILES string of the molecule is CS(=O)C1CCN(c2ccc3c(c2)C(C)(C)c2[nH]c4cc(C#N)ccc4c2C3=O)C1. The van der Waals surface area contributed by atoms with Gasteiger partial charge >= 0.3 is 0 Å². The normalized spacial score (nSPS) is 20.7. The fourth-order valence-corrected chi connectivity index (χ4v) is 5.75. The van der Waals surface area contributed by atoms with Gasteiger partial charge in [-0.1, -0.05) is 19.9 Å². The fraction of sp³-hybridized carbons (Fsp3) is 0.333. The van der Waals surface area contributed by atoms with E-state index in [1.165, 1.54) is 0 Å². The van der Waals surface area contributed by atoms with Crippen LogP contribution in [0.1, 0.15) is 53.0 Å². The maximum Gasteiger partial charge on any atom is 0.195 e. The van der Waals surface area contributed by atoms with Gasteiger partial charge in [0.15, 0.2) is 5.78 Å². The van der Waals surface area contributed by atoms with Crippen LogP contribution in [0, 0.1) is 11.3 Å². The van der Waals surface area contributed by atoms with Crippen molar-refractivity contribution >= 4 is 33.2 Å². The number of rotatable bonds is 2. The van der Waals surface area contributed by atoms with Crippen LogP contribution in [-0.4, -0.2) is 39.6 Å². The van der Waals surface area contributed by atoms with Crippen LogP contribution in [0.3, 0.4) is 0 Å². The van der Waals surface area contributed by atoms with Crippen molar-refractivity contribution < 1.29 is 9.00 Å². The number of hydrogen-bond acceptors (Lipinski definition) is 4. The van der Waals surface area contributed by atoms with Crippen LogP contribution < -0.4 is 4.90 Å². The number of carbonyl (C=O) groups excluding carboxylic acids is 1. The van der Waals surface area contributed by atoms with Gasteiger partial charge in [-0.25, -0.2) is 0 Å². The highest BCUT2D eigenvalue weighted by Gasteiger charge is 2.40. The number of ketones is 1. The molecule has 2 unspecified atom stereocenters. The van der Waals surface area contributed by atoms with Crippen molar-refractivity contribution in [2.45, 2.75) is 30.9 Å². The van der Waals surface area contributed by atoms with Crippen LogP contribution in [0.4, 0.5) is 5.69 Å². The van der Waals surface area contributed by atoms with Crippen LogP contribution in [0.15, 0.2) is 36.4 Å². The minimum absolute atomic E-state index is 0.0239. The molecule has 5 nitrogen and oxygen atoms in total. The lowest BCUT2D eigenvalue weighted by atomic mass is 9.71. The second-order valence-corrected chi connectivity index (χ2v) is 10.5. The quantitative estimate of drug-likeness (QED) is 0.687. The van der Waals surface area contributed by atoms with E-state index in [4.69, 9.17) is 0 Å². The zero-order valence-electron chi connectivity index (χ0n) is 17.3. The molecule has 2 aromatic carbocycles. The Kier molecular flexibility index (Phi) is 4.16. The molecule has 1 saturated heterocycles. The summed E-state index contributed by atoms with van der Waals surface area (Å²) in [6.07, 6.45) is 2.70. The van der Waals surface area contributed by atoms with Crippen molar-refractivity contribution in [1.82, 2.24) is 4.98 Å². The zero-order valence-corrected chi connectivity index (χ0v) is 18.1. The molecule has 152 valence electrons. The summed E-state index contributed by atoms with van der Waals surface area (Å²) < 4.78 is 11.9. The van der Waals surface area contributed by atoms with Gasteiger partial charge in [-0.15, -0.1) is 0 Å². The number of hydrogen-bond donors (Lipinski definition) is 1. The molecule has 0 radical (unpaired) electrons. The molecular weight excluding hydrogens is 394 g/mol. The molecule has 1 fully saturated rings. The maximum absolute atomic E-state index is 13.5. The molecule has 1 aromatic heterocycles. The Morgan fingerprint density at radius 3 is 2.73 bits per heavy atom. The van der Waals surface area contributed by atoms with E-state index in [1.54, 1.807) is 12.3 Å². The lowest BCUT2D eigenvalue weighted by molar-refractivity contribution is 0.103.